The molecule has 8 heteroatoms. The molecule has 0 atom stereocenters. The predicted octanol–water partition coefficient (Wildman–Crippen LogP) is 2.51. The van der Waals surface area contributed by atoms with E-state index in [1.807, 2.05) is 0 Å². The molecular weight excluding hydrogens is 308 g/mol. The highest BCUT2D eigenvalue weighted by molar-refractivity contribution is 7.16. The number of nitro groups is 1. The molecule has 0 saturated carbocycles. The first-order valence-corrected chi connectivity index (χ1v) is 6.84. The highest BCUT2D eigenvalue weighted by Gasteiger charge is 2.15. The van der Waals surface area contributed by atoms with Crippen LogP contribution < -0.4 is 5.32 Å². The Labute approximate surface area is 128 Å². The van der Waals surface area contributed by atoms with E-state index in [4.69, 9.17) is 5.11 Å². The molecule has 2 aromatic rings. The second-order valence-electron chi connectivity index (χ2n) is 4.12. The van der Waals surface area contributed by atoms with Gasteiger partial charge in [0.1, 0.15) is 5.70 Å². The van der Waals surface area contributed by atoms with Gasteiger partial charge in [-0.1, -0.05) is 29.5 Å². The first-order chi connectivity index (χ1) is 10.5. The van der Waals surface area contributed by atoms with Gasteiger partial charge in [-0.05, 0) is 24.3 Å². The maximum atomic E-state index is 11.9. The summed E-state index contributed by atoms with van der Waals surface area (Å²) < 4.78 is 0. The molecule has 0 aliphatic rings. The van der Waals surface area contributed by atoms with Crippen LogP contribution in [0.1, 0.15) is 15.2 Å². The summed E-state index contributed by atoms with van der Waals surface area (Å²) in [6, 6.07) is 10.8. The van der Waals surface area contributed by atoms with Gasteiger partial charge in [0.25, 0.3) is 5.91 Å². The second kappa shape index (κ2) is 6.64. The third kappa shape index (κ3) is 3.76. The van der Waals surface area contributed by atoms with Crippen molar-refractivity contribution in [3.05, 3.63) is 68.7 Å². The van der Waals surface area contributed by atoms with E-state index in [-0.39, 0.29) is 10.7 Å². The Morgan fingerprint density at radius 2 is 1.86 bits per heavy atom. The van der Waals surface area contributed by atoms with Crippen LogP contribution in [0.4, 0.5) is 5.00 Å². The van der Waals surface area contributed by atoms with Crippen LogP contribution in [0, 0.1) is 10.1 Å². The molecule has 1 amide bonds. The molecule has 0 aliphatic heterocycles. The number of thiophene rings is 1. The molecular formula is C14H10N2O5S. The lowest BCUT2D eigenvalue weighted by atomic mass is 10.2. The van der Waals surface area contributed by atoms with Crippen LogP contribution in [0.2, 0.25) is 0 Å². The molecule has 0 spiro atoms. The Morgan fingerprint density at radius 3 is 2.41 bits per heavy atom. The number of aliphatic carboxylic acids is 1. The van der Waals surface area contributed by atoms with Gasteiger partial charge in [0.15, 0.2) is 0 Å². The fourth-order valence-electron chi connectivity index (χ4n) is 1.60. The molecule has 0 bridgehead atoms. The van der Waals surface area contributed by atoms with Gasteiger partial charge in [-0.3, -0.25) is 14.9 Å². The smallest absolute Gasteiger partial charge is 0.352 e. The van der Waals surface area contributed by atoms with E-state index in [1.54, 1.807) is 30.3 Å². The SMILES string of the molecule is O=C(O)C(=Cc1ccc([N+](=O)[O-])s1)NC(=O)c1ccccc1. The molecule has 1 heterocycles. The van der Waals surface area contributed by atoms with Gasteiger partial charge >= 0.3 is 11.0 Å². The molecule has 0 radical (unpaired) electrons. The molecule has 0 unspecified atom stereocenters. The Balaban J connectivity index is 2.22. The number of nitrogens with zero attached hydrogens (tertiary/aromatic N) is 1. The lowest BCUT2D eigenvalue weighted by Gasteiger charge is -2.05. The number of hydrogen-bond acceptors (Lipinski definition) is 5. The minimum absolute atomic E-state index is 0.106. The zero-order valence-electron chi connectivity index (χ0n) is 11.1. The van der Waals surface area contributed by atoms with Crippen LogP contribution in [-0.2, 0) is 4.79 Å². The number of benzene rings is 1. The molecule has 112 valence electrons. The summed E-state index contributed by atoms with van der Waals surface area (Å²) in [4.78, 5) is 33.5. The van der Waals surface area contributed by atoms with Gasteiger partial charge in [0, 0.05) is 16.5 Å². The normalized spacial score (nSPS) is 11.0. The van der Waals surface area contributed by atoms with E-state index in [9.17, 15) is 19.7 Å². The van der Waals surface area contributed by atoms with Gasteiger partial charge in [-0.2, -0.15) is 0 Å². The zero-order chi connectivity index (χ0) is 16.1. The molecule has 0 saturated heterocycles. The van der Waals surface area contributed by atoms with Crippen molar-refractivity contribution < 1.29 is 19.6 Å². The molecule has 1 aromatic carbocycles. The average Bonchev–Trinajstić information content (AvgIpc) is 2.96. The molecule has 2 rings (SSSR count). The van der Waals surface area contributed by atoms with Gasteiger partial charge in [-0.15, -0.1) is 0 Å². The lowest BCUT2D eigenvalue weighted by molar-refractivity contribution is -0.380. The zero-order valence-corrected chi connectivity index (χ0v) is 11.9. The Kier molecular flexibility index (Phi) is 4.64. The number of carbonyl (C=O) groups excluding carboxylic acids is 1. The standard InChI is InChI=1S/C14H10N2O5S/c17-13(9-4-2-1-3-5-9)15-11(14(18)19)8-10-6-7-12(22-10)16(20)21/h1-8H,(H,15,17)(H,18,19). The summed E-state index contributed by atoms with van der Waals surface area (Å²) >= 11 is 0.820. The first-order valence-electron chi connectivity index (χ1n) is 6.03. The fraction of sp³-hybridized carbons (Fsp3) is 0. The van der Waals surface area contributed by atoms with Crippen molar-refractivity contribution >= 4 is 34.3 Å². The first kappa shape index (κ1) is 15.4. The number of carboxylic acid groups (broad SMARTS) is 1. The van der Waals surface area contributed by atoms with Crippen LogP contribution in [-0.4, -0.2) is 21.9 Å². The Bertz CT molecular complexity index is 752. The van der Waals surface area contributed by atoms with Crippen molar-refractivity contribution in [2.75, 3.05) is 0 Å². The second-order valence-corrected chi connectivity index (χ2v) is 5.21. The molecule has 1 aromatic heterocycles. The van der Waals surface area contributed by atoms with Crippen LogP contribution in [0.15, 0.2) is 48.2 Å². The number of carboxylic acids is 1. The molecule has 22 heavy (non-hydrogen) atoms. The Morgan fingerprint density at radius 1 is 1.18 bits per heavy atom. The van der Waals surface area contributed by atoms with Crippen molar-refractivity contribution in [1.29, 1.82) is 0 Å². The van der Waals surface area contributed by atoms with Gasteiger partial charge < -0.3 is 10.4 Å². The summed E-state index contributed by atoms with van der Waals surface area (Å²) in [6.45, 7) is 0. The number of rotatable bonds is 5. The Hall–Kier alpha value is -3.00. The predicted molar refractivity (Wildman–Crippen MR) is 80.5 cm³/mol. The monoisotopic (exact) mass is 318 g/mol. The average molecular weight is 318 g/mol. The van der Waals surface area contributed by atoms with Gasteiger partial charge in [-0.25, -0.2) is 4.79 Å². The van der Waals surface area contributed by atoms with E-state index in [0.717, 1.165) is 11.3 Å². The maximum absolute atomic E-state index is 11.9. The maximum Gasteiger partial charge on any atom is 0.352 e. The van der Waals surface area contributed by atoms with Crippen molar-refractivity contribution in [3.8, 4) is 0 Å². The largest absolute Gasteiger partial charge is 0.477 e. The summed E-state index contributed by atoms with van der Waals surface area (Å²) in [5.41, 5.74) is -0.0441. The van der Waals surface area contributed by atoms with Gasteiger partial charge in [0.05, 0.1) is 4.92 Å². The van der Waals surface area contributed by atoms with Crippen molar-refractivity contribution in [3.63, 3.8) is 0 Å². The van der Waals surface area contributed by atoms with Crippen LogP contribution in [0.25, 0.3) is 6.08 Å². The van der Waals surface area contributed by atoms with Crippen LogP contribution in [0.3, 0.4) is 0 Å². The topological polar surface area (TPSA) is 110 Å². The number of carbonyl (C=O) groups is 2. The summed E-state index contributed by atoms with van der Waals surface area (Å²) in [7, 11) is 0. The minimum Gasteiger partial charge on any atom is -0.477 e. The molecule has 0 aliphatic carbocycles. The van der Waals surface area contributed by atoms with E-state index in [1.165, 1.54) is 18.2 Å². The van der Waals surface area contributed by atoms with E-state index in [0.29, 0.717) is 10.4 Å². The third-order valence-corrected chi connectivity index (χ3v) is 3.58. The van der Waals surface area contributed by atoms with Crippen molar-refractivity contribution in [2.45, 2.75) is 0 Å². The third-order valence-electron chi connectivity index (χ3n) is 2.59. The van der Waals surface area contributed by atoms with Crippen LogP contribution >= 0.6 is 11.3 Å². The van der Waals surface area contributed by atoms with Crippen LogP contribution in [0.5, 0.6) is 0 Å². The minimum atomic E-state index is -1.33. The summed E-state index contributed by atoms with van der Waals surface area (Å²) in [5, 5.41) is 21.9. The summed E-state index contributed by atoms with van der Waals surface area (Å²) in [6.07, 6.45) is 1.18. The van der Waals surface area contributed by atoms with Gasteiger partial charge in [0.2, 0.25) is 0 Å². The summed E-state index contributed by atoms with van der Waals surface area (Å²) in [5.74, 6) is -1.90. The van der Waals surface area contributed by atoms with E-state index < -0.39 is 16.8 Å². The highest BCUT2D eigenvalue weighted by Crippen LogP contribution is 2.25. The number of nitrogens with one attached hydrogen (secondary N) is 1. The number of amides is 1. The van der Waals surface area contributed by atoms with Crippen molar-refractivity contribution in [1.82, 2.24) is 5.32 Å². The van der Waals surface area contributed by atoms with E-state index >= 15 is 0 Å². The molecule has 0 fully saturated rings. The lowest BCUT2D eigenvalue weighted by Crippen LogP contribution is -2.27. The van der Waals surface area contributed by atoms with Crippen molar-refractivity contribution in [2.24, 2.45) is 0 Å². The molecule has 7 nitrogen and oxygen atoms in total. The fourth-order valence-corrected chi connectivity index (χ4v) is 2.36. The quantitative estimate of drug-likeness (QED) is 0.500. The van der Waals surface area contributed by atoms with E-state index in [2.05, 4.69) is 5.32 Å². The number of hydrogen-bond donors (Lipinski definition) is 2. The highest BCUT2D eigenvalue weighted by atomic mass is 32.1. The molecule has 2 N–H and O–H groups in total.